The minimum Gasteiger partial charge on any atom is -0.362 e. The van der Waals surface area contributed by atoms with Gasteiger partial charge in [0.15, 0.2) is 11.5 Å². The second kappa shape index (κ2) is 5.26. The SMILES string of the molecule is CC(Nc1ncnc2nc[nH]c12)c1ccc(Cl)cc1Cl. The van der Waals surface area contributed by atoms with Crippen molar-refractivity contribution in [3.05, 3.63) is 46.5 Å². The van der Waals surface area contributed by atoms with E-state index in [9.17, 15) is 0 Å². The van der Waals surface area contributed by atoms with Crippen LogP contribution in [-0.4, -0.2) is 19.9 Å². The predicted molar refractivity (Wildman–Crippen MR) is 80.2 cm³/mol. The van der Waals surface area contributed by atoms with Gasteiger partial charge in [0.2, 0.25) is 0 Å². The summed E-state index contributed by atoms with van der Waals surface area (Å²) in [6.45, 7) is 2.00. The molecular formula is C13H11Cl2N5. The highest BCUT2D eigenvalue weighted by Crippen LogP contribution is 2.29. The summed E-state index contributed by atoms with van der Waals surface area (Å²) in [6.07, 6.45) is 3.06. The number of H-pyrrole nitrogens is 1. The number of nitrogens with one attached hydrogen (secondary N) is 2. The third-order valence-electron chi connectivity index (χ3n) is 3.01. The van der Waals surface area contributed by atoms with Gasteiger partial charge in [-0.3, -0.25) is 0 Å². The molecule has 0 aliphatic heterocycles. The number of hydrogen-bond donors (Lipinski definition) is 2. The van der Waals surface area contributed by atoms with E-state index in [1.54, 1.807) is 12.4 Å². The highest BCUT2D eigenvalue weighted by atomic mass is 35.5. The summed E-state index contributed by atoms with van der Waals surface area (Å²) in [6, 6.07) is 5.41. The summed E-state index contributed by atoms with van der Waals surface area (Å²) in [4.78, 5) is 15.4. The number of rotatable bonds is 3. The first-order valence-electron chi connectivity index (χ1n) is 6.00. The lowest BCUT2D eigenvalue weighted by Gasteiger charge is -2.16. The van der Waals surface area contributed by atoms with E-state index in [-0.39, 0.29) is 6.04 Å². The van der Waals surface area contributed by atoms with Crippen molar-refractivity contribution in [2.75, 3.05) is 5.32 Å². The van der Waals surface area contributed by atoms with Crippen molar-refractivity contribution in [1.82, 2.24) is 19.9 Å². The van der Waals surface area contributed by atoms with Crippen molar-refractivity contribution in [3.63, 3.8) is 0 Å². The Morgan fingerprint density at radius 2 is 2.05 bits per heavy atom. The average Bonchev–Trinajstić information content (AvgIpc) is 2.87. The second-order valence-corrected chi connectivity index (χ2v) is 5.20. The van der Waals surface area contributed by atoms with Crippen LogP contribution in [0.2, 0.25) is 10.0 Å². The molecule has 3 aromatic rings. The van der Waals surface area contributed by atoms with Crippen LogP contribution in [0, 0.1) is 0 Å². The Morgan fingerprint density at radius 3 is 2.85 bits per heavy atom. The molecule has 2 aromatic heterocycles. The first-order chi connectivity index (χ1) is 9.65. The van der Waals surface area contributed by atoms with Crippen LogP contribution in [0.4, 0.5) is 5.82 Å². The standard InChI is InChI=1S/C13H11Cl2N5/c1-7(9-3-2-8(14)4-10(9)15)20-13-11-12(17-5-16-11)18-6-19-13/h2-7H,1H3,(H2,16,17,18,19,20). The van der Waals surface area contributed by atoms with Crippen LogP contribution in [0.1, 0.15) is 18.5 Å². The van der Waals surface area contributed by atoms with E-state index in [0.29, 0.717) is 21.5 Å². The predicted octanol–water partition coefficient (Wildman–Crippen LogP) is 3.83. The van der Waals surface area contributed by atoms with E-state index >= 15 is 0 Å². The average molecular weight is 308 g/mol. The highest BCUT2D eigenvalue weighted by molar-refractivity contribution is 6.35. The molecule has 2 N–H and O–H groups in total. The summed E-state index contributed by atoms with van der Waals surface area (Å²) in [5, 5.41) is 4.53. The Kier molecular flexibility index (Phi) is 3.46. The molecule has 102 valence electrons. The number of aromatic amines is 1. The van der Waals surface area contributed by atoms with Crippen LogP contribution in [-0.2, 0) is 0 Å². The molecule has 3 rings (SSSR count). The Morgan fingerprint density at radius 1 is 1.20 bits per heavy atom. The molecule has 0 aliphatic rings. The highest BCUT2D eigenvalue weighted by Gasteiger charge is 2.13. The van der Waals surface area contributed by atoms with Gasteiger partial charge in [0.05, 0.1) is 12.4 Å². The van der Waals surface area contributed by atoms with Crippen molar-refractivity contribution < 1.29 is 0 Å². The van der Waals surface area contributed by atoms with Crippen LogP contribution in [0.25, 0.3) is 11.2 Å². The van der Waals surface area contributed by atoms with Crippen molar-refractivity contribution in [3.8, 4) is 0 Å². The molecule has 20 heavy (non-hydrogen) atoms. The van der Waals surface area contributed by atoms with Gasteiger partial charge in [-0.05, 0) is 24.6 Å². The Hall–Kier alpha value is -1.85. The fourth-order valence-corrected chi connectivity index (χ4v) is 2.58. The van der Waals surface area contributed by atoms with E-state index in [2.05, 4.69) is 25.3 Å². The second-order valence-electron chi connectivity index (χ2n) is 4.36. The zero-order chi connectivity index (χ0) is 14.1. The van der Waals surface area contributed by atoms with Crippen LogP contribution in [0.3, 0.4) is 0 Å². The third-order valence-corrected chi connectivity index (χ3v) is 3.57. The zero-order valence-corrected chi connectivity index (χ0v) is 12.1. The molecule has 0 radical (unpaired) electrons. The third kappa shape index (κ3) is 2.42. The molecule has 0 bridgehead atoms. The number of benzene rings is 1. The topological polar surface area (TPSA) is 66.5 Å². The number of nitrogens with zero attached hydrogens (tertiary/aromatic N) is 3. The lowest BCUT2D eigenvalue weighted by atomic mass is 10.1. The molecule has 0 amide bonds. The molecule has 0 aliphatic carbocycles. The minimum absolute atomic E-state index is 0.0267. The monoisotopic (exact) mass is 307 g/mol. The largest absolute Gasteiger partial charge is 0.362 e. The Bertz CT molecular complexity index is 755. The summed E-state index contributed by atoms with van der Waals surface area (Å²) < 4.78 is 0. The summed E-state index contributed by atoms with van der Waals surface area (Å²) >= 11 is 12.1. The molecule has 0 spiro atoms. The molecule has 1 unspecified atom stereocenters. The molecule has 0 fully saturated rings. The number of imidazole rings is 1. The van der Waals surface area contributed by atoms with Crippen molar-refractivity contribution in [2.45, 2.75) is 13.0 Å². The molecule has 1 atom stereocenters. The quantitative estimate of drug-likeness (QED) is 0.771. The number of halogens is 2. The van der Waals surface area contributed by atoms with Gasteiger partial charge in [0.1, 0.15) is 11.8 Å². The summed E-state index contributed by atoms with van der Waals surface area (Å²) in [5.41, 5.74) is 2.34. The molecule has 1 aromatic carbocycles. The fourth-order valence-electron chi connectivity index (χ4n) is 2.01. The number of anilines is 1. The first-order valence-corrected chi connectivity index (χ1v) is 6.76. The molecule has 7 heteroatoms. The maximum atomic E-state index is 6.21. The van der Waals surface area contributed by atoms with Gasteiger partial charge in [0, 0.05) is 10.0 Å². The lowest BCUT2D eigenvalue weighted by molar-refractivity contribution is 0.875. The smallest absolute Gasteiger partial charge is 0.182 e. The molecule has 0 saturated heterocycles. The molecule has 2 heterocycles. The van der Waals surface area contributed by atoms with Crippen molar-refractivity contribution >= 4 is 40.2 Å². The van der Waals surface area contributed by atoms with E-state index in [1.807, 2.05) is 19.1 Å². The maximum Gasteiger partial charge on any atom is 0.182 e. The molecular weight excluding hydrogens is 297 g/mol. The zero-order valence-electron chi connectivity index (χ0n) is 10.6. The van der Waals surface area contributed by atoms with Crippen LogP contribution >= 0.6 is 23.2 Å². The normalized spacial score (nSPS) is 12.6. The first kappa shape index (κ1) is 13.1. The van der Waals surface area contributed by atoms with Crippen molar-refractivity contribution in [1.29, 1.82) is 0 Å². The van der Waals surface area contributed by atoms with Crippen LogP contribution < -0.4 is 5.32 Å². The fraction of sp³-hybridized carbons (Fsp3) is 0.154. The molecule has 0 saturated carbocycles. The number of aromatic nitrogens is 4. The van der Waals surface area contributed by atoms with Gasteiger partial charge < -0.3 is 10.3 Å². The van der Waals surface area contributed by atoms with E-state index in [0.717, 1.165) is 11.1 Å². The van der Waals surface area contributed by atoms with Gasteiger partial charge in [-0.2, -0.15) is 0 Å². The summed E-state index contributed by atoms with van der Waals surface area (Å²) in [5.74, 6) is 0.686. The Labute approximate surface area is 125 Å². The lowest BCUT2D eigenvalue weighted by Crippen LogP contribution is -2.09. The van der Waals surface area contributed by atoms with Gasteiger partial charge >= 0.3 is 0 Å². The Balaban J connectivity index is 1.92. The van der Waals surface area contributed by atoms with Gasteiger partial charge in [-0.25, -0.2) is 15.0 Å². The van der Waals surface area contributed by atoms with Gasteiger partial charge in [-0.15, -0.1) is 0 Å². The number of hydrogen-bond acceptors (Lipinski definition) is 4. The van der Waals surface area contributed by atoms with E-state index < -0.39 is 0 Å². The van der Waals surface area contributed by atoms with Crippen LogP contribution in [0.15, 0.2) is 30.9 Å². The van der Waals surface area contributed by atoms with E-state index in [4.69, 9.17) is 23.2 Å². The molecule has 5 nitrogen and oxygen atoms in total. The van der Waals surface area contributed by atoms with Gasteiger partial charge in [-0.1, -0.05) is 29.3 Å². The number of fused-ring (bicyclic) bond motifs is 1. The maximum absolute atomic E-state index is 6.21. The van der Waals surface area contributed by atoms with Crippen molar-refractivity contribution in [2.24, 2.45) is 0 Å². The van der Waals surface area contributed by atoms with Gasteiger partial charge in [0.25, 0.3) is 0 Å². The van der Waals surface area contributed by atoms with Crippen LogP contribution in [0.5, 0.6) is 0 Å². The minimum atomic E-state index is -0.0267. The van der Waals surface area contributed by atoms with E-state index in [1.165, 1.54) is 6.33 Å². The summed E-state index contributed by atoms with van der Waals surface area (Å²) in [7, 11) is 0.